The molecule has 1 heterocycles. The van der Waals surface area contributed by atoms with Gasteiger partial charge in [0, 0.05) is 18.1 Å². The smallest absolute Gasteiger partial charge is 0.324 e. The molecule has 0 aromatic carbocycles. The summed E-state index contributed by atoms with van der Waals surface area (Å²) < 4.78 is 0. The topological polar surface area (TPSA) is 89.1 Å². The van der Waals surface area contributed by atoms with E-state index in [9.17, 15) is 9.90 Å². The van der Waals surface area contributed by atoms with Crippen LogP contribution in [0.25, 0.3) is 0 Å². The lowest BCUT2D eigenvalue weighted by atomic mass is 9.98. The van der Waals surface area contributed by atoms with Gasteiger partial charge in [-0.1, -0.05) is 11.8 Å². The molecule has 1 aromatic heterocycles. The number of hydrogen-bond acceptors (Lipinski definition) is 5. The Morgan fingerprint density at radius 3 is 2.65 bits per heavy atom. The van der Waals surface area contributed by atoms with Crippen LogP contribution >= 0.6 is 11.8 Å². The van der Waals surface area contributed by atoms with Gasteiger partial charge in [-0.3, -0.25) is 4.79 Å². The summed E-state index contributed by atoms with van der Waals surface area (Å²) in [6.45, 7) is 1.91. The minimum Gasteiger partial charge on any atom is -0.480 e. The van der Waals surface area contributed by atoms with E-state index in [0.717, 1.165) is 18.4 Å². The van der Waals surface area contributed by atoms with Crippen LogP contribution in [0.2, 0.25) is 0 Å². The van der Waals surface area contributed by atoms with Crippen LogP contribution < -0.4 is 5.73 Å². The summed E-state index contributed by atoms with van der Waals surface area (Å²) in [5, 5.41) is 9.76. The molecule has 1 unspecified atom stereocenters. The second kappa shape index (κ2) is 4.62. The number of nitrogens with two attached hydrogens (primary N) is 1. The highest BCUT2D eigenvalue weighted by molar-refractivity contribution is 7.99. The highest BCUT2D eigenvalue weighted by Crippen LogP contribution is 2.40. The van der Waals surface area contributed by atoms with Crippen LogP contribution in [0, 0.1) is 12.8 Å². The van der Waals surface area contributed by atoms with Crippen molar-refractivity contribution in [1.82, 2.24) is 9.97 Å². The molecule has 0 saturated heterocycles. The lowest BCUT2D eigenvalue weighted by molar-refractivity contribution is -0.143. The van der Waals surface area contributed by atoms with E-state index in [2.05, 4.69) is 9.97 Å². The molecule has 3 N–H and O–H groups in total. The number of carboxylic acid groups (broad SMARTS) is 1. The van der Waals surface area contributed by atoms with Crippen molar-refractivity contribution in [3.63, 3.8) is 0 Å². The van der Waals surface area contributed by atoms with Crippen LogP contribution in [-0.4, -0.2) is 32.3 Å². The number of aliphatic carboxylic acids is 1. The van der Waals surface area contributed by atoms with Crippen molar-refractivity contribution in [2.75, 3.05) is 5.75 Å². The summed E-state index contributed by atoms with van der Waals surface area (Å²) in [6, 6.07) is 0. The second-order valence-electron chi connectivity index (χ2n) is 4.45. The Bertz CT molecular complexity index is 419. The summed E-state index contributed by atoms with van der Waals surface area (Å²) >= 11 is 1.30. The molecular weight excluding hydrogens is 238 g/mol. The zero-order valence-electron chi connectivity index (χ0n) is 9.59. The third kappa shape index (κ3) is 2.76. The van der Waals surface area contributed by atoms with Crippen LogP contribution in [0.1, 0.15) is 18.4 Å². The van der Waals surface area contributed by atoms with E-state index in [0.29, 0.717) is 10.9 Å². The van der Waals surface area contributed by atoms with Crippen LogP contribution in [-0.2, 0) is 4.79 Å². The van der Waals surface area contributed by atoms with E-state index in [1.807, 2.05) is 6.92 Å². The molecule has 0 bridgehead atoms. The Kier molecular flexibility index (Phi) is 3.35. The van der Waals surface area contributed by atoms with Gasteiger partial charge in [0.25, 0.3) is 0 Å². The fourth-order valence-corrected chi connectivity index (χ4v) is 2.57. The van der Waals surface area contributed by atoms with E-state index < -0.39 is 11.5 Å². The average molecular weight is 253 g/mol. The second-order valence-corrected chi connectivity index (χ2v) is 5.39. The SMILES string of the molecule is Cc1cnc(SCC(N)(C(=O)O)C2CC2)nc1. The van der Waals surface area contributed by atoms with Gasteiger partial charge in [0.2, 0.25) is 0 Å². The van der Waals surface area contributed by atoms with E-state index in [1.54, 1.807) is 12.4 Å². The Morgan fingerprint density at radius 2 is 2.18 bits per heavy atom. The van der Waals surface area contributed by atoms with Gasteiger partial charge in [-0.25, -0.2) is 9.97 Å². The first-order valence-corrected chi connectivity index (χ1v) is 6.44. The summed E-state index contributed by atoms with van der Waals surface area (Å²) in [6.07, 6.45) is 5.23. The summed E-state index contributed by atoms with van der Waals surface area (Å²) in [5.41, 5.74) is 5.79. The van der Waals surface area contributed by atoms with Crippen molar-refractivity contribution in [3.05, 3.63) is 18.0 Å². The number of thioether (sulfide) groups is 1. The Balaban J connectivity index is 2.00. The molecule has 0 amide bonds. The predicted octanol–water partition coefficient (Wildman–Crippen LogP) is 1.07. The maximum absolute atomic E-state index is 11.2. The lowest BCUT2D eigenvalue weighted by Crippen LogP contribution is -2.52. The number of hydrogen-bond donors (Lipinski definition) is 2. The molecule has 1 aliphatic rings. The quantitative estimate of drug-likeness (QED) is 0.602. The normalized spacial score (nSPS) is 18.7. The Labute approximate surface area is 104 Å². The molecule has 0 aliphatic heterocycles. The molecule has 1 atom stereocenters. The predicted molar refractivity (Wildman–Crippen MR) is 64.8 cm³/mol. The van der Waals surface area contributed by atoms with Gasteiger partial charge in [0.05, 0.1) is 0 Å². The summed E-state index contributed by atoms with van der Waals surface area (Å²) in [4.78, 5) is 19.4. The fraction of sp³-hybridized carbons (Fsp3) is 0.545. The van der Waals surface area contributed by atoms with Gasteiger partial charge in [-0.2, -0.15) is 0 Å². The number of carboxylic acids is 1. The molecule has 1 saturated carbocycles. The first kappa shape index (κ1) is 12.3. The van der Waals surface area contributed by atoms with Crippen molar-refractivity contribution in [2.24, 2.45) is 11.7 Å². The molecule has 5 nitrogen and oxygen atoms in total. The van der Waals surface area contributed by atoms with Gasteiger partial charge in [-0.05, 0) is 31.2 Å². The zero-order valence-corrected chi connectivity index (χ0v) is 10.4. The number of aromatic nitrogens is 2. The van der Waals surface area contributed by atoms with Crippen molar-refractivity contribution < 1.29 is 9.90 Å². The molecular formula is C11H15N3O2S. The van der Waals surface area contributed by atoms with Crippen LogP contribution in [0.3, 0.4) is 0 Å². The molecule has 0 spiro atoms. The third-order valence-corrected chi connectivity index (χ3v) is 3.99. The third-order valence-electron chi connectivity index (χ3n) is 2.90. The van der Waals surface area contributed by atoms with E-state index in [1.165, 1.54) is 11.8 Å². The van der Waals surface area contributed by atoms with Gasteiger partial charge < -0.3 is 10.8 Å². The molecule has 92 valence electrons. The molecule has 1 aliphatic carbocycles. The Hall–Kier alpha value is -1.14. The molecule has 6 heteroatoms. The minimum absolute atomic E-state index is 0.0953. The van der Waals surface area contributed by atoms with Crippen molar-refractivity contribution >= 4 is 17.7 Å². The summed E-state index contributed by atoms with van der Waals surface area (Å²) in [5.74, 6) is -0.520. The van der Waals surface area contributed by atoms with Gasteiger partial charge >= 0.3 is 5.97 Å². The monoisotopic (exact) mass is 253 g/mol. The average Bonchev–Trinajstić information content (AvgIpc) is 3.11. The van der Waals surface area contributed by atoms with Gasteiger partial charge in [0.15, 0.2) is 5.16 Å². The molecule has 1 aromatic rings. The van der Waals surface area contributed by atoms with Crippen LogP contribution in [0.4, 0.5) is 0 Å². The highest BCUT2D eigenvalue weighted by atomic mass is 32.2. The van der Waals surface area contributed by atoms with Gasteiger partial charge in [-0.15, -0.1) is 0 Å². The fourth-order valence-electron chi connectivity index (χ4n) is 1.59. The molecule has 17 heavy (non-hydrogen) atoms. The lowest BCUT2D eigenvalue weighted by Gasteiger charge is -2.23. The van der Waals surface area contributed by atoms with E-state index >= 15 is 0 Å². The number of nitrogens with zero attached hydrogens (tertiary/aromatic N) is 2. The first-order valence-electron chi connectivity index (χ1n) is 5.46. The molecule has 2 rings (SSSR count). The molecule has 1 fully saturated rings. The van der Waals surface area contributed by atoms with E-state index in [-0.39, 0.29) is 5.92 Å². The standard InChI is InChI=1S/C11H15N3O2S/c1-7-4-13-10(14-5-7)17-6-11(12,9(15)16)8-2-3-8/h4-5,8H,2-3,6,12H2,1H3,(H,15,16). The van der Waals surface area contributed by atoms with Crippen LogP contribution in [0.5, 0.6) is 0 Å². The van der Waals surface area contributed by atoms with Crippen molar-refractivity contribution in [3.8, 4) is 0 Å². The number of carbonyl (C=O) groups is 1. The van der Waals surface area contributed by atoms with Crippen molar-refractivity contribution in [1.29, 1.82) is 0 Å². The van der Waals surface area contributed by atoms with Crippen LogP contribution in [0.15, 0.2) is 17.6 Å². The number of rotatable bonds is 5. The van der Waals surface area contributed by atoms with E-state index in [4.69, 9.17) is 5.73 Å². The Morgan fingerprint density at radius 1 is 1.59 bits per heavy atom. The van der Waals surface area contributed by atoms with Gasteiger partial charge in [0.1, 0.15) is 5.54 Å². The summed E-state index contributed by atoms with van der Waals surface area (Å²) in [7, 11) is 0. The number of aryl methyl sites for hydroxylation is 1. The largest absolute Gasteiger partial charge is 0.480 e. The maximum Gasteiger partial charge on any atom is 0.324 e. The van der Waals surface area contributed by atoms with Crippen molar-refractivity contribution in [2.45, 2.75) is 30.5 Å². The highest BCUT2D eigenvalue weighted by Gasteiger charge is 2.48. The molecule has 0 radical (unpaired) electrons. The maximum atomic E-state index is 11.2. The first-order chi connectivity index (χ1) is 8.02. The minimum atomic E-state index is -1.14. The zero-order chi connectivity index (χ0) is 12.5.